The molecule has 1 saturated carbocycles. The number of rotatable bonds is 3. The van der Waals surface area contributed by atoms with Gasteiger partial charge in [-0.05, 0) is 42.4 Å². The van der Waals surface area contributed by atoms with Crippen LogP contribution < -0.4 is 4.74 Å². The molecule has 2 aliphatic rings. The molecular weight excluding hydrogens is 288 g/mol. The monoisotopic (exact) mass is 308 g/mol. The third-order valence-electron chi connectivity index (χ3n) is 4.69. The van der Waals surface area contributed by atoms with Crippen molar-refractivity contribution < 1.29 is 14.6 Å². The summed E-state index contributed by atoms with van der Waals surface area (Å²) >= 11 is 6.40. The van der Waals surface area contributed by atoms with Crippen molar-refractivity contribution in [2.45, 2.75) is 46.0 Å². The molecule has 0 spiro atoms. The number of aliphatic carboxylic acids is 1. The maximum Gasteiger partial charge on any atom is 0.313 e. The maximum absolute atomic E-state index is 11.4. The Hall–Kier alpha value is -1.22. The Morgan fingerprint density at radius 2 is 2.19 bits per heavy atom. The molecular formula is C17H21ClO3. The summed E-state index contributed by atoms with van der Waals surface area (Å²) in [5.41, 5.74) is 1.61. The van der Waals surface area contributed by atoms with Crippen LogP contribution in [0.2, 0.25) is 5.02 Å². The van der Waals surface area contributed by atoms with E-state index < -0.39 is 11.4 Å². The molecule has 0 amide bonds. The summed E-state index contributed by atoms with van der Waals surface area (Å²) in [5.74, 6) is 0.127. The van der Waals surface area contributed by atoms with Gasteiger partial charge in [-0.15, -0.1) is 0 Å². The summed E-state index contributed by atoms with van der Waals surface area (Å²) < 4.78 is 5.73. The lowest BCUT2D eigenvalue weighted by Gasteiger charge is -2.24. The molecule has 1 aliphatic carbocycles. The van der Waals surface area contributed by atoms with E-state index in [1.807, 2.05) is 12.1 Å². The molecule has 2 atom stereocenters. The minimum Gasteiger partial charge on any atom is -0.492 e. The van der Waals surface area contributed by atoms with Gasteiger partial charge in [-0.2, -0.15) is 0 Å². The molecule has 3 rings (SSSR count). The molecule has 2 unspecified atom stereocenters. The van der Waals surface area contributed by atoms with Crippen molar-refractivity contribution in [2.24, 2.45) is 10.8 Å². The van der Waals surface area contributed by atoms with Crippen LogP contribution in [-0.4, -0.2) is 17.7 Å². The van der Waals surface area contributed by atoms with Crippen molar-refractivity contribution in [1.82, 2.24) is 0 Å². The van der Waals surface area contributed by atoms with Crippen LogP contribution >= 0.6 is 11.6 Å². The van der Waals surface area contributed by atoms with E-state index in [1.165, 1.54) is 0 Å². The topological polar surface area (TPSA) is 46.5 Å². The van der Waals surface area contributed by atoms with E-state index in [2.05, 4.69) is 20.8 Å². The van der Waals surface area contributed by atoms with Crippen molar-refractivity contribution in [1.29, 1.82) is 0 Å². The summed E-state index contributed by atoms with van der Waals surface area (Å²) in [6, 6.07) is 3.93. The molecule has 1 N–H and O–H groups in total. The van der Waals surface area contributed by atoms with Crippen molar-refractivity contribution >= 4 is 17.6 Å². The van der Waals surface area contributed by atoms with Gasteiger partial charge in [0.25, 0.3) is 0 Å². The van der Waals surface area contributed by atoms with Gasteiger partial charge in [-0.25, -0.2) is 0 Å². The lowest BCUT2D eigenvalue weighted by Crippen LogP contribution is -2.28. The van der Waals surface area contributed by atoms with Crippen LogP contribution in [0.1, 0.15) is 50.7 Å². The third-order valence-corrected chi connectivity index (χ3v) is 5.04. The first-order chi connectivity index (χ1) is 9.73. The first kappa shape index (κ1) is 14.7. The zero-order valence-corrected chi connectivity index (χ0v) is 13.5. The van der Waals surface area contributed by atoms with Crippen molar-refractivity contribution in [2.75, 3.05) is 6.61 Å². The molecule has 114 valence electrons. The van der Waals surface area contributed by atoms with Gasteiger partial charge in [-0.3, -0.25) is 4.79 Å². The second-order valence-corrected chi connectivity index (χ2v) is 7.96. The Bertz CT molecular complexity index is 603. The quantitative estimate of drug-likeness (QED) is 0.907. The first-order valence-corrected chi connectivity index (χ1v) is 7.79. The third kappa shape index (κ3) is 2.52. The number of ether oxygens (including phenoxy) is 1. The van der Waals surface area contributed by atoms with Crippen LogP contribution in [0.15, 0.2) is 12.1 Å². The van der Waals surface area contributed by atoms with E-state index in [0.717, 1.165) is 34.7 Å². The average Bonchev–Trinajstić information content (AvgIpc) is 3.12. The van der Waals surface area contributed by atoms with Gasteiger partial charge in [0.2, 0.25) is 0 Å². The number of halogens is 1. The standard InChI is InChI=1S/C17H21ClO3/c1-16(2,3)5-4-10-6-14-11(7-13(10)18)12-8-17(12,9-21-14)15(19)20/h6-7,12H,4-5,8-9H2,1-3H3,(H,19,20). The van der Waals surface area contributed by atoms with Gasteiger partial charge in [-0.1, -0.05) is 32.4 Å². The largest absolute Gasteiger partial charge is 0.492 e. The second kappa shape index (κ2) is 4.64. The fourth-order valence-corrected chi connectivity index (χ4v) is 3.35. The normalized spacial score (nSPS) is 26.6. The fourth-order valence-electron chi connectivity index (χ4n) is 3.09. The number of carbonyl (C=O) groups is 1. The lowest BCUT2D eigenvalue weighted by molar-refractivity contribution is -0.145. The highest BCUT2D eigenvalue weighted by atomic mass is 35.5. The summed E-state index contributed by atoms with van der Waals surface area (Å²) in [5, 5.41) is 10.1. The van der Waals surface area contributed by atoms with Crippen molar-refractivity contribution in [3.8, 4) is 5.75 Å². The van der Waals surface area contributed by atoms with Gasteiger partial charge in [0.1, 0.15) is 17.8 Å². The summed E-state index contributed by atoms with van der Waals surface area (Å²) in [6.45, 7) is 6.91. The van der Waals surface area contributed by atoms with E-state index in [0.29, 0.717) is 6.42 Å². The zero-order chi connectivity index (χ0) is 15.4. The molecule has 1 aromatic carbocycles. The fraction of sp³-hybridized carbons (Fsp3) is 0.588. The number of hydrogen-bond acceptors (Lipinski definition) is 2. The SMILES string of the molecule is CC(C)(C)CCc1cc2c(cc1Cl)C1CC1(C(=O)O)CO2. The molecule has 0 radical (unpaired) electrons. The Morgan fingerprint density at radius 3 is 2.81 bits per heavy atom. The first-order valence-electron chi connectivity index (χ1n) is 7.41. The number of carboxylic acids is 1. The van der Waals surface area contributed by atoms with Crippen LogP contribution in [0.25, 0.3) is 0 Å². The maximum atomic E-state index is 11.4. The molecule has 0 aromatic heterocycles. The number of carboxylic acid groups (broad SMARTS) is 1. The summed E-state index contributed by atoms with van der Waals surface area (Å²) in [4.78, 5) is 11.4. The smallest absolute Gasteiger partial charge is 0.313 e. The predicted octanol–water partition coefficient (Wildman–Crippen LogP) is 4.27. The van der Waals surface area contributed by atoms with Gasteiger partial charge in [0.15, 0.2) is 0 Å². The highest BCUT2D eigenvalue weighted by Gasteiger charge is 2.64. The molecule has 1 heterocycles. The van der Waals surface area contributed by atoms with E-state index in [-0.39, 0.29) is 17.9 Å². The molecule has 1 aromatic rings. The highest BCUT2D eigenvalue weighted by Crippen LogP contribution is 2.64. The number of benzene rings is 1. The number of aryl methyl sites for hydroxylation is 1. The van der Waals surface area contributed by atoms with Gasteiger partial charge < -0.3 is 9.84 Å². The highest BCUT2D eigenvalue weighted by molar-refractivity contribution is 6.31. The van der Waals surface area contributed by atoms with Crippen LogP contribution in [0, 0.1) is 10.8 Å². The van der Waals surface area contributed by atoms with Crippen molar-refractivity contribution in [3.05, 3.63) is 28.3 Å². The number of hydrogen-bond donors (Lipinski definition) is 1. The van der Waals surface area contributed by atoms with Crippen LogP contribution in [-0.2, 0) is 11.2 Å². The van der Waals surface area contributed by atoms with Gasteiger partial charge in [0.05, 0.1) is 0 Å². The summed E-state index contributed by atoms with van der Waals surface area (Å²) in [7, 11) is 0. The molecule has 4 heteroatoms. The lowest BCUT2D eigenvalue weighted by atomic mass is 9.88. The zero-order valence-electron chi connectivity index (χ0n) is 12.7. The average molecular weight is 309 g/mol. The van der Waals surface area contributed by atoms with E-state index >= 15 is 0 Å². The summed E-state index contributed by atoms with van der Waals surface area (Å²) in [6.07, 6.45) is 2.62. The Kier molecular flexibility index (Phi) is 3.25. The molecule has 3 nitrogen and oxygen atoms in total. The minimum atomic E-state index is -0.758. The molecule has 0 bridgehead atoms. The Labute approximate surface area is 130 Å². The van der Waals surface area contributed by atoms with Crippen molar-refractivity contribution in [3.63, 3.8) is 0 Å². The molecule has 21 heavy (non-hydrogen) atoms. The molecule has 1 aliphatic heterocycles. The predicted molar refractivity (Wildman–Crippen MR) is 82.1 cm³/mol. The van der Waals surface area contributed by atoms with Crippen LogP contribution in [0.4, 0.5) is 0 Å². The van der Waals surface area contributed by atoms with E-state index in [9.17, 15) is 9.90 Å². The van der Waals surface area contributed by atoms with E-state index in [4.69, 9.17) is 16.3 Å². The van der Waals surface area contributed by atoms with Gasteiger partial charge >= 0.3 is 5.97 Å². The Morgan fingerprint density at radius 1 is 1.48 bits per heavy atom. The number of fused-ring (bicyclic) bond motifs is 3. The molecule has 0 saturated heterocycles. The van der Waals surface area contributed by atoms with Crippen LogP contribution in [0.3, 0.4) is 0 Å². The second-order valence-electron chi connectivity index (χ2n) is 7.55. The van der Waals surface area contributed by atoms with E-state index in [1.54, 1.807) is 0 Å². The minimum absolute atomic E-state index is 0.0629. The Balaban J connectivity index is 1.86. The van der Waals surface area contributed by atoms with Crippen LogP contribution in [0.5, 0.6) is 5.75 Å². The van der Waals surface area contributed by atoms with Gasteiger partial charge in [0, 0.05) is 16.5 Å². The molecule has 1 fully saturated rings.